The fraction of sp³-hybridized carbons (Fsp3) is 0.800. The fourth-order valence-corrected chi connectivity index (χ4v) is 0.381. The van der Waals surface area contributed by atoms with Crippen molar-refractivity contribution in [2.45, 2.75) is 12.8 Å². The lowest BCUT2D eigenvalue weighted by Gasteiger charge is -1.92. The van der Waals surface area contributed by atoms with E-state index in [0.29, 0.717) is 6.54 Å². The van der Waals surface area contributed by atoms with E-state index >= 15 is 0 Å². The molecular weight excluding hydrogens is 104 g/mol. The van der Waals surface area contributed by atoms with Gasteiger partial charge >= 0.3 is 0 Å². The molecule has 0 fully saturated rings. The lowest BCUT2D eigenvalue weighted by Crippen LogP contribution is -2.06. The van der Waals surface area contributed by atoms with Gasteiger partial charge in [-0.1, -0.05) is 0 Å². The molecular formula is C5H10N2O. The molecule has 46 valence electrons. The van der Waals surface area contributed by atoms with Crippen LogP contribution in [0.5, 0.6) is 0 Å². The molecule has 3 heteroatoms. The molecule has 2 N–H and O–H groups in total. The Bertz CT molecular complexity index is 77.0. The van der Waals surface area contributed by atoms with E-state index in [4.69, 9.17) is 10.4 Å². The first-order chi connectivity index (χ1) is 3.91. The minimum atomic E-state index is 0.215. The first kappa shape index (κ1) is 7.25. The Balaban J connectivity index is 2.65. The van der Waals surface area contributed by atoms with Crippen molar-refractivity contribution in [3.05, 3.63) is 0 Å². The molecule has 3 nitrogen and oxygen atoms in total. The van der Waals surface area contributed by atoms with Crippen LogP contribution in [0.15, 0.2) is 0 Å². The molecule has 0 rings (SSSR count). The highest BCUT2D eigenvalue weighted by Crippen LogP contribution is 1.81. The Morgan fingerprint density at radius 2 is 2.25 bits per heavy atom. The number of nitrogens with zero attached hydrogens (tertiary/aromatic N) is 1. The summed E-state index contributed by atoms with van der Waals surface area (Å²) in [5.74, 6) is 0. The second-order valence-electron chi connectivity index (χ2n) is 1.47. The van der Waals surface area contributed by atoms with Crippen LogP contribution in [0.25, 0.3) is 0 Å². The van der Waals surface area contributed by atoms with Gasteiger partial charge in [0.2, 0.25) is 0 Å². The molecule has 0 aromatic carbocycles. The summed E-state index contributed by atoms with van der Waals surface area (Å²) in [6.07, 6.45) is 3.43. The summed E-state index contributed by atoms with van der Waals surface area (Å²) in [5, 5.41) is 18.7. The lowest BCUT2D eigenvalue weighted by atomic mass is 10.3. The smallest absolute Gasteiger partial charge is 0.176 e. The number of unbranched alkanes of at least 4 members (excludes halogenated alkanes) is 1. The van der Waals surface area contributed by atoms with E-state index in [0.717, 1.165) is 12.8 Å². The normalized spacial score (nSPS) is 8.00. The lowest BCUT2D eigenvalue weighted by molar-refractivity contribution is 0.284. The fourth-order valence-electron chi connectivity index (χ4n) is 0.381. The predicted molar refractivity (Wildman–Crippen MR) is 29.9 cm³/mol. The maximum atomic E-state index is 8.25. The summed E-state index contributed by atoms with van der Waals surface area (Å²) in [5.41, 5.74) is 0. The average molecular weight is 114 g/mol. The molecule has 0 aromatic heterocycles. The summed E-state index contributed by atoms with van der Waals surface area (Å²) in [4.78, 5) is 0. The van der Waals surface area contributed by atoms with Crippen molar-refractivity contribution in [1.29, 1.82) is 5.26 Å². The Morgan fingerprint density at radius 3 is 2.75 bits per heavy atom. The summed E-state index contributed by atoms with van der Waals surface area (Å²) in [7, 11) is 0. The summed E-state index contributed by atoms with van der Waals surface area (Å²) >= 11 is 0. The van der Waals surface area contributed by atoms with Gasteiger partial charge in [0.1, 0.15) is 0 Å². The van der Waals surface area contributed by atoms with Crippen molar-refractivity contribution in [3.63, 3.8) is 0 Å². The van der Waals surface area contributed by atoms with Crippen LogP contribution in [-0.2, 0) is 0 Å². The van der Waals surface area contributed by atoms with E-state index < -0.39 is 0 Å². The molecule has 0 radical (unpaired) electrons. The number of aliphatic hydroxyl groups is 1. The van der Waals surface area contributed by atoms with Crippen LogP contribution in [-0.4, -0.2) is 18.3 Å². The Hall–Kier alpha value is -0.750. The minimum Gasteiger partial charge on any atom is -0.396 e. The highest BCUT2D eigenvalue weighted by Gasteiger charge is 1.81. The molecule has 0 spiro atoms. The summed E-state index contributed by atoms with van der Waals surface area (Å²) < 4.78 is 0. The SMILES string of the molecule is N#CNCCCCO. The van der Waals surface area contributed by atoms with Crippen LogP contribution in [0.4, 0.5) is 0 Å². The van der Waals surface area contributed by atoms with Crippen molar-refractivity contribution in [1.82, 2.24) is 5.32 Å². The van der Waals surface area contributed by atoms with Gasteiger partial charge in [-0.05, 0) is 12.8 Å². The maximum Gasteiger partial charge on any atom is 0.176 e. The molecule has 0 aliphatic carbocycles. The summed E-state index contributed by atoms with van der Waals surface area (Å²) in [6.45, 7) is 0.893. The van der Waals surface area contributed by atoms with Crippen LogP contribution >= 0.6 is 0 Å². The van der Waals surface area contributed by atoms with Gasteiger partial charge in [0, 0.05) is 13.2 Å². The highest BCUT2D eigenvalue weighted by molar-refractivity contribution is 4.63. The number of hydrogen-bond acceptors (Lipinski definition) is 3. The monoisotopic (exact) mass is 114 g/mol. The van der Waals surface area contributed by atoms with Crippen molar-refractivity contribution in [3.8, 4) is 6.19 Å². The number of aliphatic hydroxyl groups excluding tert-OH is 1. The van der Waals surface area contributed by atoms with Crippen molar-refractivity contribution in [2.75, 3.05) is 13.2 Å². The van der Waals surface area contributed by atoms with Gasteiger partial charge < -0.3 is 10.4 Å². The minimum absolute atomic E-state index is 0.215. The van der Waals surface area contributed by atoms with Crippen molar-refractivity contribution in [2.24, 2.45) is 0 Å². The van der Waals surface area contributed by atoms with Crippen molar-refractivity contribution >= 4 is 0 Å². The van der Waals surface area contributed by atoms with E-state index in [1.165, 1.54) is 0 Å². The van der Waals surface area contributed by atoms with Gasteiger partial charge in [0.15, 0.2) is 6.19 Å². The molecule has 8 heavy (non-hydrogen) atoms. The van der Waals surface area contributed by atoms with Gasteiger partial charge in [0.25, 0.3) is 0 Å². The second kappa shape index (κ2) is 6.25. The molecule has 0 amide bonds. The van der Waals surface area contributed by atoms with E-state index in [2.05, 4.69) is 5.32 Å². The van der Waals surface area contributed by atoms with Crippen LogP contribution in [0.1, 0.15) is 12.8 Å². The average Bonchev–Trinajstić information content (AvgIpc) is 1.81. The molecule has 0 heterocycles. The van der Waals surface area contributed by atoms with Gasteiger partial charge in [0.05, 0.1) is 0 Å². The van der Waals surface area contributed by atoms with Crippen molar-refractivity contribution < 1.29 is 5.11 Å². The molecule has 0 unspecified atom stereocenters. The number of rotatable bonds is 4. The molecule has 0 atom stereocenters. The van der Waals surface area contributed by atoms with E-state index in [-0.39, 0.29) is 6.61 Å². The topological polar surface area (TPSA) is 56.0 Å². The van der Waals surface area contributed by atoms with Gasteiger partial charge in [-0.25, -0.2) is 0 Å². The van der Waals surface area contributed by atoms with Gasteiger partial charge in [-0.15, -0.1) is 0 Å². The Morgan fingerprint density at radius 1 is 1.50 bits per heavy atom. The molecule has 0 aromatic rings. The van der Waals surface area contributed by atoms with E-state index in [1.807, 2.05) is 0 Å². The largest absolute Gasteiger partial charge is 0.396 e. The van der Waals surface area contributed by atoms with Gasteiger partial charge in [-0.2, -0.15) is 5.26 Å². The molecule has 0 saturated heterocycles. The van der Waals surface area contributed by atoms with Crippen LogP contribution in [0, 0.1) is 11.5 Å². The van der Waals surface area contributed by atoms with Gasteiger partial charge in [-0.3, -0.25) is 0 Å². The number of nitrogens with one attached hydrogen (secondary N) is 1. The number of nitriles is 1. The first-order valence-electron chi connectivity index (χ1n) is 2.64. The maximum absolute atomic E-state index is 8.25. The highest BCUT2D eigenvalue weighted by atomic mass is 16.2. The number of hydrogen-bond donors (Lipinski definition) is 2. The third-order valence-corrected chi connectivity index (χ3v) is 0.789. The predicted octanol–water partition coefficient (Wildman–Crippen LogP) is -0.170. The van der Waals surface area contributed by atoms with E-state index in [9.17, 15) is 0 Å². The quantitative estimate of drug-likeness (QED) is 0.303. The first-order valence-corrected chi connectivity index (χ1v) is 2.64. The zero-order valence-electron chi connectivity index (χ0n) is 4.72. The standard InChI is InChI=1S/C5H10N2O/c6-5-7-3-1-2-4-8/h7-8H,1-4H2. The second-order valence-corrected chi connectivity index (χ2v) is 1.47. The zero-order chi connectivity index (χ0) is 6.24. The molecule has 0 bridgehead atoms. The zero-order valence-corrected chi connectivity index (χ0v) is 4.72. The van der Waals surface area contributed by atoms with E-state index in [1.54, 1.807) is 6.19 Å². The third-order valence-electron chi connectivity index (χ3n) is 0.789. The summed E-state index contributed by atoms with van der Waals surface area (Å²) in [6, 6.07) is 0. The van der Waals surface area contributed by atoms with Crippen LogP contribution in [0.2, 0.25) is 0 Å². The molecule has 0 aliphatic rings. The van der Waals surface area contributed by atoms with Crippen LogP contribution in [0.3, 0.4) is 0 Å². The van der Waals surface area contributed by atoms with Crippen LogP contribution < -0.4 is 5.32 Å². The molecule has 0 saturated carbocycles. The Kier molecular flexibility index (Phi) is 5.66. The third kappa shape index (κ3) is 5.25. The molecule has 0 aliphatic heterocycles. The Labute approximate surface area is 48.9 Å².